The Morgan fingerprint density at radius 1 is 1.03 bits per heavy atom. The molecule has 2 aromatic carbocycles. The van der Waals surface area contributed by atoms with Crippen LogP contribution < -0.4 is 5.32 Å². The van der Waals surface area contributed by atoms with Crippen LogP contribution in [0.3, 0.4) is 0 Å². The zero-order valence-corrected chi connectivity index (χ0v) is 17.4. The molecule has 2 aromatic heterocycles. The molecule has 10 heteroatoms. The van der Waals surface area contributed by atoms with E-state index in [9.17, 15) is 18.0 Å². The molecule has 33 heavy (non-hydrogen) atoms. The first-order valence-electron chi connectivity index (χ1n) is 9.94. The molecule has 0 spiro atoms. The van der Waals surface area contributed by atoms with Crippen LogP contribution in [0, 0.1) is 0 Å². The van der Waals surface area contributed by atoms with Gasteiger partial charge in [-0.05, 0) is 37.3 Å². The predicted molar refractivity (Wildman–Crippen MR) is 115 cm³/mol. The standard InChI is InChI=1S/C23H18F3N5O2/c1-2-33-22(32)16-8-10-17(11-9-16)29-20-13-21(28-14-27-20)31-18(15-6-4-3-5-7-15)12-19(30-31)23(24,25)26/h3-14H,2H2,1H3,(H,27,28,29). The second kappa shape index (κ2) is 9.11. The summed E-state index contributed by atoms with van der Waals surface area (Å²) in [5.74, 6) is 0.0675. The van der Waals surface area contributed by atoms with Crippen LogP contribution in [0.5, 0.6) is 0 Å². The molecular weight excluding hydrogens is 435 g/mol. The number of nitrogens with zero attached hydrogens (tertiary/aromatic N) is 4. The number of carbonyl (C=O) groups is 1. The molecule has 2 heterocycles. The maximum atomic E-state index is 13.4. The average Bonchev–Trinajstić information content (AvgIpc) is 3.27. The van der Waals surface area contributed by atoms with Crippen molar-refractivity contribution in [1.82, 2.24) is 19.7 Å². The van der Waals surface area contributed by atoms with E-state index in [0.717, 1.165) is 10.7 Å². The number of carbonyl (C=O) groups excluding carboxylic acids is 1. The summed E-state index contributed by atoms with van der Waals surface area (Å²) in [5, 5.41) is 6.79. The summed E-state index contributed by atoms with van der Waals surface area (Å²) in [6.45, 7) is 2.00. The highest BCUT2D eigenvalue weighted by molar-refractivity contribution is 5.89. The molecule has 0 atom stereocenters. The van der Waals surface area contributed by atoms with E-state index in [2.05, 4.69) is 20.4 Å². The minimum atomic E-state index is -4.61. The lowest BCUT2D eigenvalue weighted by atomic mass is 10.1. The van der Waals surface area contributed by atoms with Gasteiger partial charge in [0.25, 0.3) is 0 Å². The Morgan fingerprint density at radius 3 is 2.42 bits per heavy atom. The quantitative estimate of drug-likeness (QED) is 0.401. The molecular formula is C23H18F3N5O2. The molecule has 0 saturated heterocycles. The predicted octanol–water partition coefficient (Wildman–Crippen LogP) is 5.27. The number of hydrogen-bond acceptors (Lipinski definition) is 6. The second-order valence-electron chi connectivity index (χ2n) is 6.87. The molecule has 7 nitrogen and oxygen atoms in total. The maximum absolute atomic E-state index is 13.4. The molecule has 4 aromatic rings. The van der Waals surface area contributed by atoms with Gasteiger partial charge in [0.15, 0.2) is 11.5 Å². The lowest BCUT2D eigenvalue weighted by Gasteiger charge is -2.10. The van der Waals surface area contributed by atoms with Crippen LogP contribution >= 0.6 is 0 Å². The number of esters is 1. The summed E-state index contributed by atoms with van der Waals surface area (Å²) in [5.41, 5.74) is 0.792. The number of anilines is 2. The van der Waals surface area contributed by atoms with Crippen molar-refractivity contribution in [3.63, 3.8) is 0 Å². The highest BCUT2D eigenvalue weighted by Crippen LogP contribution is 2.33. The molecule has 0 aliphatic heterocycles. The van der Waals surface area contributed by atoms with E-state index in [1.165, 1.54) is 12.4 Å². The summed E-state index contributed by atoms with van der Waals surface area (Å²) in [6, 6.07) is 17.6. The largest absolute Gasteiger partial charge is 0.462 e. The number of rotatable bonds is 6. The van der Waals surface area contributed by atoms with Crippen molar-refractivity contribution in [3.8, 4) is 17.1 Å². The fraction of sp³-hybridized carbons (Fsp3) is 0.130. The summed E-state index contributed by atoms with van der Waals surface area (Å²) in [6.07, 6.45) is -3.38. The van der Waals surface area contributed by atoms with E-state index in [1.54, 1.807) is 61.5 Å². The van der Waals surface area contributed by atoms with Gasteiger partial charge in [0, 0.05) is 17.3 Å². The lowest BCUT2D eigenvalue weighted by molar-refractivity contribution is -0.141. The van der Waals surface area contributed by atoms with E-state index >= 15 is 0 Å². The number of ether oxygens (including phenoxy) is 1. The van der Waals surface area contributed by atoms with Crippen molar-refractivity contribution in [3.05, 3.63) is 84.3 Å². The summed E-state index contributed by atoms with van der Waals surface area (Å²) < 4.78 is 46.2. The molecule has 0 aliphatic carbocycles. The van der Waals surface area contributed by atoms with Crippen LogP contribution in [-0.4, -0.2) is 32.3 Å². The smallest absolute Gasteiger partial charge is 0.435 e. The lowest BCUT2D eigenvalue weighted by Crippen LogP contribution is -2.08. The van der Waals surface area contributed by atoms with Gasteiger partial charge in [0.2, 0.25) is 0 Å². The Morgan fingerprint density at radius 2 is 1.76 bits per heavy atom. The first-order valence-corrected chi connectivity index (χ1v) is 9.94. The topological polar surface area (TPSA) is 81.9 Å². The third kappa shape index (κ3) is 5.00. The molecule has 1 N–H and O–H groups in total. The normalized spacial score (nSPS) is 11.3. The molecule has 0 bridgehead atoms. The van der Waals surface area contributed by atoms with Crippen LogP contribution in [0.15, 0.2) is 73.1 Å². The Balaban J connectivity index is 1.65. The van der Waals surface area contributed by atoms with Gasteiger partial charge >= 0.3 is 12.1 Å². The molecule has 0 fully saturated rings. The van der Waals surface area contributed by atoms with Crippen molar-refractivity contribution in [2.45, 2.75) is 13.1 Å². The number of benzene rings is 2. The fourth-order valence-corrected chi connectivity index (χ4v) is 3.09. The Bertz CT molecular complexity index is 1260. The summed E-state index contributed by atoms with van der Waals surface area (Å²) in [7, 11) is 0. The fourth-order valence-electron chi connectivity index (χ4n) is 3.09. The van der Waals surface area contributed by atoms with Crippen molar-refractivity contribution >= 4 is 17.5 Å². The average molecular weight is 453 g/mol. The van der Waals surface area contributed by atoms with Crippen molar-refractivity contribution in [2.75, 3.05) is 11.9 Å². The van der Waals surface area contributed by atoms with E-state index in [0.29, 0.717) is 22.6 Å². The van der Waals surface area contributed by atoms with Gasteiger partial charge in [0.1, 0.15) is 12.1 Å². The Labute approximate surface area is 186 Å². The van der Waals surface area contributed by atoms with Gasteiger partial charge in [-0.2, -0.15) is 18.3 Å². The third-order valence-electron chi connectivity index (χ3n) is 4.61. The van der Waals surface area contributed by atoms with Crippen molar-refractivity contribution in [2.24, 2.45) is 0 Å². The van der Waals surface area contributed by atoms with Crippen molar-refractivity contribution in [1.29, 1.82) is 0 Å². The molecule has 0 radical (unpaired) electrons. The Hall–Kier alpha value is -4.21. The van der Waals surface area contributed by atoms with Gasteiger partial charge in [-0.25, -0.2) is 19.4 Å². The van der Waals surface area contributed by atoms with E-state index in [1.807, 2.05) is 0 Å². The molecule has 0 saturated carbocycles. The van der Waals surface area contributed by atoms with E-state index < -0.39 is 17.8 Å². The summed E-state index contributed by atoms with van der Waals surface area (Å²) in [4.78, 5) is 20.0. The summed E-state index contributed by atoms with van der Waals surface area (Å²) >= 11 is 0. The number of alkyl halides is 3. The van der Waals surface area contributed by atoms with E-state index in [-0.39, 0.29) is 18.1 Å². The highest BCUT2D eigenvalue weighted by atomic mass is 19.4. The van der Waals surface area contributed by atoms with Gasteiger partial charge in [-0.3, -0.25) is 0 Å². The zero-order valence-electron chi connectivity index (χ0n) is 17.4. The second-order valence-corrected chi connectivity index (χ2v) is 6.87. The van der Waals surface area contributed by atoms with Crippen LogP contribution in [0.1, 0.15) is 23.0 Å². The van der Waals surface area contributed by atoms with Crippen LogP contribution in [0.4, 0.5) is 24.7 Å². The Kier molecular flexibility index (Phi) is 6.07. The van der Waals surface area contributed by atoms with Crippen LogP contribution in [-0.2, 0) is 10.9 Å². The van der Waals surface area contributed by atoms with Crippen molar-refractivity contribution < 1.29 is 22.7 Å². The maximum Gasteiger partial charge on any atom is 0.435 e. The van der Waals surface area contributed by atoms with Crippen LogP contribution in [0.25, 0.3) is 17.1 Å². The van der Waals surface area contributed by atoms with Gasteiger partial charge in [0.05, 0.1) is 17.9 Å². The monoisotopic (exact) mass is 453 g/mol. The first-order chi connectivity index (χ1) is 15.8. The van der Waals surface area contributed by atoms with Gasteiger partial charge in [-0.1, -0.05) is 30.3 Å². The molecule has 0 unspecified atom stereocenters. The highest BCUT2D eigenvalue weighted by Gasteiger charge is 2.35. The van der Waals surface area contributed by atoms with E-state index in [4.69, 9.17) is 4.74 Å². The SMILES string of the molecule is CCOC(=O)c1ccc(Nc2cc(-n3nc(C(F)(F)F)cc3-c3ccccc3)ncn2)cc1. The number of hydrogen-bond donors (Lipinski definition) is 1. The molecule has 0 aliphatic rings. The molecule has 168 valence electrons. The van der Waals surface area contributed by atoms with Gasteiger partial charge < -0.3 is 10.1 Å². The number of halogens is 3. The third-order valence-corrected chi connectivity index (χ3v) is 4.61. The molecule has 4 rings (SSSR count). The minimum Gasteiger partial charge on any atom is -0.462 e. The molecule has 0 amide bonds. The minimum absolute atomic E-state index is 0.157. The van der Waals surface area contributed by atoms with Gasteiger partial charge in [-0.15, -0.1) is 0 Å². The first kappa shape index (κ1) is 22.0. The van der Waals surface area contributed by atoms with Crippen LogP contribution in [0.2, 0.25) is 0 Å². The number of aromatic nitrogens is 4. The zero-order chi connectivity index (χ0) is 23.4. The number of nitrogens with one attached hydrogen (secondary N) is 1.